The highest BCUT2D eigenvalue weighted by molar-refractivity contribution is 9.10. The van der Waals surface area contributed by atoms with Crippen molar-refractivity contribution in [3.63, 3.8) is 0 Å². The van der Waals surface area contributed by atoms with Crippen LogP contribution in [0.15, 0.2) is 41.1 Å². The molecule has 1 saturated heterocycles. The van der Waals surface area contributed by atoms with E-state index in [9.17, 15) is 4.79 Å². The van der Waals surface area contributed by atoms with Crippen LogP contribution < -0.4 is 9.64 Å². The number of nitrogens with zero attached hydrogens (tertiary/aromatic N) is 4. The van der Waals surface area contributed by atoms with E-state index >= 15 is 0 Å². The van der Waals surface area contributed by atoms with Gasteiger partial charge in [-0.15, -0.1) is 0 Å². The van der Waals surface area contributed by atoms with E-state index in [4.69, 9.17) is 4.74 Å². The van der Waals surface area contributed by atoms with Gasteiger partial charge in [0.25, 0.3) is 0 Å². The molecule has 1 amide bonds. The molecule has 1 aromatic heterocycles. The fraction of sp³-hybridized carbons (Fsp3) is 0.412. The minimum Gasteiger partial charge on any atom is -0.497 e. The fourth-order valence-electron chi connectivity index (χ4n) is 2.84. The van der Waals surface area contributed by atoms with Crippen LogP contribution in [0.3, 0.4) is 0 Å². The summed E-state index contributed by atoms with van der Waals surface area (Å²) in [5.74, 6) is 1.05. The maximum absolute atomic E-state index is 12.3. The number of rotatable bonds is 5. The van der Waals surface area contributed by atoms with E-state index in [2.05, 4.69) is 38.1 Å². The van der Waals surface area contributed by atoms with Crippen molar-refractivity contribution < 1.29 is 9.53 Å². The number of carbonyl (C=O) groups is 1. The van der Waals surface area contributed by atoms with Crippen LogP contribution in [0.2, 0.25) is 0 Å². The SMILES string of the molecule is COc1ccc(N2CCN(C(=O)CCn3cc(Br)cn3)CC2)cc1. The minimum atomic E-state index is 0.191. The van der Waals surface area contributed by atoms with Crippen LogP contribution in [-0.4, -0.2) is 53.9 Å². The van der Waals surface area contributed by atoms with E-state index in [0.29, 0.717) is 13.0 Å². The fourth-order valence-corrected chi connectivity index (χ4v) is 3.16. The highest BCUT2D eigenvalue weighted by Crippen LogP contribution is 2.20. The van der Waals surface area contributed by atoms with Gasteiger partial charge in [0.1, 0.15) is 5.75 Å². The first-order valence-electron chi connectivity index (χ1n) is 8.00. The molecule has 6 nitrogen and oxygen atoms in total. The van der Waals surface area contributed by atoms with Gasteiger partial charge in [-0.3, -0.25) is 9.48 Å². The van der Waals surface area contributed by atoms with Crippen molar-refractivity contribution in [2.45, 2.75) is 13.0 Å². The smallest absolute Gasteiger partial charge is 0.224 e. The number of aryl methyl sites for hydroxylation is 1. The molecule has 2 heterocycles. The molecule has 0 radical (unpaired) electrons. The highest BCUT2D eigenvalue weighted by atomic mass is 79.9. The first-order valence-corrected chi connectivity index (χ1v) is 8.80. The molecule has 1 fully saturated rings. The van der Waals surface area contributed by atoms with Crippen molar-refractivity contribution in [2.24, 2.45) is 0 Å². The van der Waals surface area contributed by atoms with Gasteiger partial charge in [0.15, 0.2) is 0 Å². The molecule has 24 heavy (non-hydrogen) atoms. The summed E-state index contributed by atoms with van der Waals surface area (Å²) in [5.41, 5.74) is 1.17. The summed E-state index contributed by atoms with van der Waals surface area (Å²) in [6.07, 6.45) is 4.10. The Kier molecular flexibility index (Phi) is 5.40. The summed E-state index contributed by atoms with van der Waals surface area (Å²) < 4.78 is 7.91. The van der Waals surface area contributed by atoms with Crippen LogP contribution in [-0.2, 0) is 11.3 Å². The van der Waals surface area contributed by atoms with E-state index in [1.807, 2.05) is 23.2 Å². The summed E-state index contributed by atoms with van der Waals surface area (Å²) in [5, 5.41) is 4.18. The molecular formula is C17H21BrN4O2. The Hall–Kier alpha value is -2.02. The zero-order valence-corrected chi connectivity index (χ0v) is 15.3. The lowest BCUT2D eigenvalue weighted by atomic mass is 10.2. The molecule has 0 spiro atoms. The molecular weight excluding hydrogens is 372 g/mol. The summed E-state index contributed by atoms with van der Waals surface area (Å²) in [4.78, 5) is 16.6. The van der Waals surface area contributed by atoms with E-state index in [-0.39, 0.29) is 5.91 Å². The van der Waals surface area contributed by atoms with Crippen molar-refractivity contribution in [3.8, 4) is 5.75 Å². The number of halogens is 1. The largest absolute Gasteiger partial charge is 0.497 e. The normalized spacial score (nSPS) is 14.8. The maximum atomic E-state index is 12.3. The summed E-state index contributed by atoms with van der Waals surface area (Å²) in [7, 11) is 1.67. The van der Waals surface area contributed by atoms with Gasteiger partial charge in [-0.05, 0) is 40.2 Å². The second-order valence-corrected chi connectivity index (χ2v) is 6.65. The lowest BCUT2D eigenvalue weighted by Crippen LogP contribution is -2.48. The molecule has 128 valence electrons. The molecule has 0 N–H and O–H groups in total. The summed E-state index contributed by atoms with van der Waals surface area (Å²) >= 11 is 3.36. The molecule has 0 aliphatic carbocycles. The van der Waals surface area contributed by atoms with Crippen LogP contribution in [0.1, 0.15) is 6.42 Å². The van der Waals surface area contributed by atoms with Gasteiger partial charge in [0.05, 0.1) is 17.8 Å². The molecule has 0 unspecified atom stereocenters. The number of ether oxygens (including phenoxy) is 1. The molecule has 1 aromatic carbocycles. The van der Waals surface area contributed by atoms with Crippen LogP contribution >= 0.6 is 15.9 Å². The van der Waals surface area contributed by atoms with Gasteiger partial charge >= 0.3 is 0 Å². The first kappa shape index (κ1) is 16.8. The quantitative estimate of drug-likeness (QED) is 0.783. The predicted molar refractivity (Wildman–Crippen MR) is 96.3 cm³/mol. The Labute approximate surface area is 150 Å². The van der Waals surface area contributed by atoms with Crippen molar-refractivity contribution in [1.29, 1.82) is 0 Å². The number of benzene rings is 1. The van der Waals surface area contributed by atoms with Gasteiger partial charge < -0.3 is 14.5 Å². The number of aromatic nitrogens is 2. The number of hydrogen-bond donors (Lipinski definition) is 0. The third-order valence-electron chi connectivity index (χ3n) is 4.23. The topological polar surface area (TPSA) is 50.6 Å². The number of amides is 1. The molecule has 1 aliphatic heterocycles. The predicted octanol–water partition coefficient (Wildman–Crippen LogP) is 2.39. The Morgan fingerprint density at radius 2 is 1.92 bits per heavy atom. The van der Waals surface area contributed by atoms with Crippen molar-refractivity contribution >= 4 is 27.5 Å². The lowest BCUT2D eigenvalue weighted by molar-refractivity contribution is -0.131. The zero-order chi connectivity index (χ0) is 16.9. The molecule has 7 heteroatoms. The Balaban J connectivity index is 1.47. The van der Waals surface area contributed by atoms with Gasteiger partial charge in [-0.2, -0.15) is 5.10 Å². The van der Waals surface area contributed by atoms with E-state index in [1.165, 1.54) is 5.69 Å². The summed E-state index contributed by atoms with van der Waals surface area (Å²) in [6, 6.07) is 8.06. The average molecular weight is 393 g/mol. The van der Waals surface area contributed by atoms with Gasteiger partial charge in [0, 0.05) is 51.0 Å². The number of piperazine rings is 1. The minimum absolute atomic E-state index is 0.191. The number of methoxy groups -OCH3 is 1. The van der Waals surface area contributed by atoms with Crippen molar-refractivity contribution in [1.82, 2.24) is 14.7 Å². The number of anilines is 1. The second-order valence-electron chi connectivity index (χ2n) is 5.74. The van der Waals surface area contributed by atoms with Crippen LogP contribution in [0.5, 0.6) is 5.75 Å². The second kappa shape index (κ2) is 7.70. The summed E-state index contributed by atoms with van der Waals surface area (Å²) in [6.45, 7) is 3.83. The molecule has 0 atom stereocenters. The third kappa shape index (κ3) is 4.08. The van der Waals surface area contributed by atoms with Crippen molar-refractivity contribution in [3.05, 3.63) is 41.1 Å². The van der Waals surface area contributed by atoms with E-state index in [1.54, 1.807) is 18.0 Å². The van der Waals surface area contributed by atoms with E-state index < -0.39 is 0 Å². The average Bonchev–Trinajstić information content (AvgIpc) is 3.05. The van der Waals surface area contributed by atoms with Crippen LogP contribution in [0.25, 0.3) is 0 Å². The third-order valence-corrected chi connectivity index (χ3v) is 4.64. The lowest BCUT2D eigenvalue weighted by Gasteiger charge is -2.36. The first-order chi connectivity index (χ1) is 11.7. The Morgan fingerprint density at radius 3 is 2.50 bits per heavy atom. The highest BCUT2D eigenvalue weighted by Gasteiger charge is 2.21. The van der Waals surface area contributed by atoms with Gasteiger partial charge in [-0.1, -0.05) is 0 Å². The standard InChI is InChI=1S/C17H21BrN4O2/c1-24-16-4-2-15(3-5-16)20-8-10-21(11-9-20)17(23)6-7-22-13-14(18)12-19-22/h2-5,12-13H,6-11H2,1H3. The molecule has 0 saturated carbocycles. The molecule has 3 rings (SSSR count). The number of carbonyl (C=O) groups excluding carboxylic acids is 1. The van der Waals surface area contributed by atoms with Gasteiger partial charge in [-0.25, -0.2) is 0 Å². The van der Waals surface area contributed by atoms with Crippen LogP contribution in [0.4, 0.5) is 5.69 Å². The zero-order valence-electron chi connectivity index (χ0n) is 13.7. The van der Waals surface area contributed by atoms with Crippen molar-refractivity contribution in [2.75, 3.05) is 38.2 Å². The maximum Gasteiger partial charge on any atom is 0.224 e. The Morgan fingerprint density at radius 1 is 1.21 bits per heavy atom. The molecule has 0 bridgehead atoms. The monoisotopic (exact) mass is 392 g/mol. The Bertz CT molecular complexity index is 678. The van der Waals surface area contributed by atoms with Gasteiger partial charge in [0.2, 0.25) is 5.91 Å². The van der Waals surface area contributed by atoms with Crippen LogP contribution in [0, 0.1) is 0 Å². The number of hydrogen-bond acceptors (Lipinski definition) is 4. The van der Waals surface area contributed by atoms with E-state index in [0.717, 1.165) is 36.4 Å². The molecule has 2 aromatic rings. The molecule has 1 aliphatic rings.